The van der Waals surface area contributed by atoms with Crippen LogP contribution in [-0.4, -0.2) is 65.5 Å². The second-order valence-corrected chi connectivity index (χ2v) is 9.32. The zero-order chi connectivity index (χ0) is 19.8. The number of nitrogens with zero attached hydrogens (tertiary/aromatic N) is 3. The monoisotopic (exact) mass is 389 g/mol. The van der Waals surface area contributed by atoms with Gasteiger partial charge in [-0.1, -0.05) is 0 Å². The van der Waals surface area contributed by atoms with Crippen molar-refractivity contribution >= 4 is 33.4 Å². The second kappa shape index (κ2) is 7.56. The minimum Gasteiger partial charge on any atom is -0.460 e. The maximum atomic E-state index is 12.6. The number of esters is 1. The van der Waals surface area contributed by atoms with Crippen molar-refractivity contribution in [3.05, 3.63) is 28.8 Å². The van der Waals surface area contributed by atoms with E-state index in [1.54, 1.807) is 0 Å². The van der Waals surface area contributed by atoms with Crippen LogP contribution < -0.4 is 0 Å². The van der Waals surface area contributed by atoms with Crippen LogP contribution in [0.15, 0.2) is 18.2 Å². The van der Waals surface area contributed by atoms with E-state index in [1.807, 2.05) is 58.0 Å². The first-order chi connectivity index (χ1) is 12.6. The summed E-state index contributed by atoms with van der Waals surface area (Å²) in [6.07, 6.45) is 0.858. The predicted molar refractivity (Wildman–Crippen MR) is 107 cm³/mol. The van der Waals surface area contributed by atoms with E-state index in [0.717, 1.165) is 28.3 Å². The lowest BCUT2D eigenvalue weighted by Gasteiger charge is -2.42. The molecule has 0 bridgehead atoms. The molecule has 0 aliphatic carbocycles. The number of hydrogen-bond donors (Lipinski definition) is 0. The van der Waals surface area contributed by atoms with Crippen LogP contribution in [0.2, 0.25) is 0 Å². The van der Waals surface area contributed by atoms with Gasteiger partial charge in [-0.15, -0.1) is 11.3 Å². The van der Waals surface area contributed by atoms with Crippen LogP contribution in [0.3, 0.4) is 0 Å². The summed E-state index contributed by atoms with van der Waals surface area (Å²) in [6.45, 7) is 7.13. The number of ether oxygens (including phenoxy) is 1. The van der Waals surface area contributed by atoms with Gasteiger partial charge in [0.25, 0.3) is 5.91 Å². The number of likely N-dealkylation sites (N-methyl/N-ethyl adjacent to an activating group) is 1. The van der Waals surface area contributed by atoms with Crippen molar-refractivity contribution in [3.8, 4) is 0 Å². The fourth-order valence-corrected chi connectivity index (χ4v) is 3.95. The van der Waals surface area contributed by atoms with Crippen LogP contribution in [0.1, 0.15) is 42.6 Å². The molecular formula is C20H27N3O3S. The van der Waals surface area contributed by atoms with Crippen LogP contribution in [0.4, 0.5) is 0 Å². The summed E-state index contributed by atoms with van der Waals surface area (Å²) in [4.78, 5) is 33.1. The van der Waals surface area contributed by atoms with Gasteiger partial charge in [-0.25, -0.2) is 4.98 Å². The average Bonchev–Trinajstić information content (AvgIpc) is 2.91. The first kappa shape index (κ1) is 19.8. The van der Waals surface area contributed by atoms with Crippen LogP contribution in [-0.2, 0) is 16.0 Å². The number of benzene rings is 1. The summed E-state index contributed by atoms with van der Waals surface area (Å²) in [5, 5.41) is 0.886. The van der Waals surface area contributed by atoms with E-state index in [-0.39, 0.29) is 11.9 Å². The summed E-state index contributed by atoms with van der Waals surface area (Å²) in [5.74, 6) is -0.149. The Bertz CT molecular complexity index is 848. The van der Waals surface area contributed by atoms with Gasteiger partial charge in [0.2, 0.25) is 0 Å². The smallest absolute Gasteiger partial charge is 0.306 e. The predicted octanol–water partition coefficient (Wildman–Crippen LogP) is 2.96. The standard InChI is InChI=1S/C20H27N3O3S/c1-20(2,3)26-18(24)9-8-17-21-15-7-6-13(10-16(15)27-17)19(25)23-11-14(12-23)22(4)5/h6-7,10,14H,8-9,11-12H2,1-5H3. The number of amides is 1. The van der Waals surface area contributed by atoms with E-state index < -0.39 is 5.60 Å². The largest absolute Gasteiger partial charge is 0.460 e. The summed E-state index contributed by atoms with van der Waals surface area (Å²) in [7, 11) is 4.07. The Hall–Kier alpha value is -1.99. The highest BCUT2D eigenvalue weighted by atomic mass is 32.1. The fraction of sp³-hybridized carbons (Fsp3) is 0.550. The van der Waals surface area contributed by atoms with Gasteiger partial charge in [-0.2, -0.15) is 0 Å². The highest BCUT2D eigenvalue weighted by Crippen LogP contribution is 2.26. The summed E-state index contributed by atoms with van der Waals surface area (Å²) in [5.41, 5.74) is 1.09. The Morgan fingerprint density at radius 1 is 1.30 bits per heavy atom. The number of likely N-dealkylation sites (tertiary alicyclic amines) is 1. The number of carbonyl (C=O) groups excluding carboxylic acids is 2. The van der Waals surface area contributed by atoms with Crippen molar-refractivity contribution in [1.82, 2.24) is 14.8 Å². The van der Waals surface area contributed by atoms with Gasteiger partial charge in [0, 0.05) is 31.1 Å². The zero-order valence-electron chi connectivity index (χ0n) is 16.6. The van der Waals surface area contributed by atoms with Crippen molar-refractivity contribution in [2.75, 3.05) is 27.2 Å². The lowest BCUT2D eigenvalue weighted by Crippen LogP contribution is -2.59. The first-order valence-corrected chi connectivity index (χ1v) is 10.0. The van der Waals surface area contributed by atoms with Crippen LogP contribution in [0, 0.1) is 0 Å². The van der Waals surface area contributed by atoms with Gasteiger partial charge in [0.05, 0.1) is 21.6 Å². The highest BCUT2D eigenvalue weighted by Gasteiger charge is 2.32. The van der Waals surface area contributed by atoms with E-state index in [1.165, 1.54) is 11.3 Å². The molecule has 0 saturated carbocycles. The van der Waals surface area contributed by atoms with Crippen LogP contribution in [0.25, 0.3) is 10.2 Å². The maximum absolute atomic E-state index is 12.6. The third-order valence-corrected chi connectivity index (χ3v) is 5.60. The molecular weight excluding hydrogens is 362 g/mol. The van der Waals surface area contributed by atoms with E-state index in [2.05, 4.69) is 9.88 Å². The van der Waals surface area contributed by atoms with Gasteiger partial charge >= 0.3 is 5.97 Å². The molecule has 1 aromatic carbocycles. The Labute approximate surface area is 164 Å². The van der Waals surface area contributed by atoms with Crippen molar-refractivity contribution < 1.29 is 14.3 Å². The molecule has 2 heterocycles. The molecule has 1 aliphatic rings. The second-order valence-electron chi connectivity index (χ2n) is 8.20. The summed E-state index contributed by atoms with van der Waals surface area (Å²) in [6, 6.07) is 6.08. The Kier molecular flexibility index (Phi) is 5.53. The third-order valence-electron chi connectivity index (χ3n) is 4.52. The molecule has 0 unspecified atom stereocenters. The Balaban J connectivity index is 1.63. The van der Waals surface area contributed by atoms with Gasteiger partial charge in [-0.05, 0) is 53.1 Å². The zero-order valence-corrected chi connectivity index (χ0v) is 17.4. The van der Waals surface area contributed by atoms with Gasteiger partial charge in [-0.3, -0.25) is 9.59 Å². The van der Waals surface area contributed by atoms with Gasteiger partial charge < -0.3 is 14.5 Å². The SMILES string of the molecule is CN(C)C1CN(C(=O)c2ccc3nc(CCC(=O)OC(C)(C)C)sc3c2)C1. The number of rotatable bonds is 5. The molecule has 0 atom stereocenters. The molecule has 3 rings (SSSR count). The van der Waals surface area contributed by atoms with Gasteiger partial charge in [0.1, 0.15) is 5.60 Å². The number of hydrogen-bond acceptors (Lipinski definition) is 6. The Morgan fingerprint density at radius 2 is 2.00 bits per heavy atom. The Morgan fingerprint density at radius 3 is 2.63 bits per heavy atom. The molecule has 1 aliphatic heterocycles. The quantitative estimate of drug-likeness (QED) is 0.736. The molecule has 0 N–H and O–H groups in total. The molecule has 1 amide bonds. The molecule has 7 heteroatoms. The van der Waals surface area contributed by atoms with Crippen molar-refractivity contribution in [2.45, 2.75) is 45.3 Å². The summed E-state index contributed by atoms with van der Waals surface area (Å²) >= 11 is 1.53. The minimum atomic E-state index is -0.470. The minimum absolute atomic E-state index is 0.0682. The average molecular weight is 390 g/mol. The fourth-order valence-electron chi connectivity index (χ4n) is 2.94. The molecule has 6 nitrogen and oxygen atoms in total. The number of aromatic nitrogens is 1. The molecule has 2 aromatic rings. The van der Waals surface area contributed by atoms with E-state index in [4.69, 9.17) is 4.74 Å². The van der Waals surface area contributed by atoms with Gasteiger partial charge in [0.15, 0.2) is 0 Å². The van der Waals surface area contributed by atoms with Crippen molar-refractivity contribution in [1.29, 1.82) is 0 Å². The normalized spacial score (nSPS) is 15.3. The van der Waals surface area contributed by atoms with Crippen molar-refractivity contribution in [3.63, 3.8) is 0 Å². The lowest BCUT2D eigenvalue weighted by molar-refractivity contribution is -0.154. The molecule has 1 saturated heterocycles. The highest BCUT2D eigenvalue weighted by molar-refractivity contribution is 7.18. The first-order valence-electron chi connectivity index (χ1n) is 9.19. The van der Waals surface area contributed by atoms with Crippen LogP contribution >= 0.6 is 11.3 Å². The van der Waals surface area contributed by atoms with E-state index in [0.29, 0.717) is 24.4 Å². The van der Waals surface area contributed by atoms with E-state index >= 15 is 0 Å². The third kappa shape index (κ3) is 4.84. The molecule has 146 valence electrons. The van der Waals surface area contributed by atoms with Crippen molar-refractivity contribution in [2.24, 2.45) is 0 Å². The van der Waals surface area contributed by atoms with Crippen LogP contribution in [0.5, 0.6) is 0 Å². The number of thiazole rings is 1. The topological polar surface area (TPSA) is 62.7 Å². The summed E-state index contributed by atoms with van der Waals surface area (Å²) < 4.78 is 6.32. The molecule has 27 heavy (non-hydrogen) atoms. The number of carbonyl (C=O) groups is 2. The number of fused-ring (bicyclic) bond motifs is 1. The van der Waals surface area contributed by atoms with E-state index in [9.17, 15) is 9.59 Å². The number of aryl methyl sites for hydroxylation is 1. The maximum Gasteiger partial charge on any atom is 0.306 e. The molecule has 1 aromatic heterocycles. The lowest BCUT2D eigenvalue weighted by atomic mass is 10.1. The molecule has 0 spiro atoms. The molecule has 0 radical (unpaired) electrons. The molecule has 1 fully saturated rings.